The van der Waals surface area contributed by atoms with Gasteiger partial charge in [0.15, 0.2) is 0 Å². The van der Waals surface area contributed by atoms with Gasteiger partial charge < -0.3 is 10.1 Å². The van der Waals surface area contributed by atoms with Crippen LogP contribution in [-0.2, 0) is 16.0 Å². The summed E-state index contributed by atoms with van der Waals surface area (Å²) in [5.74, 6) is -0.157. The van der Waals surface area contributed by atoms with E-state index in [0.29, 0.717) is 6.42 Å². The number of benzene rings is 1. The van der Waals surface area contributed by atoms with Gasteiger partial charge in [0.2, 0.25) is 0 Å². The van der Waals surface area contributed by atoms with Gasteiger partial charge in [-0.2, -0.15) is 0 Å². The van der Waals surface area contributed by atoms with Crippen molar-refractivity contribution >= 4 is 11.7 Å². The van der Waals surface area contributed by atoms with E-state index in [1.165, 1.54) is 12.7 Å². The number of carbonyl (C=O) groups is 1. The lowest BCUT2D eigenvalue weighted by molar-refractivity contribution is -0.140. The number of anilines is 1. The third kappa shape index (κ3) is 2.29. The maximum Gasteiger partial charge on any atom is 0.307 e. The smallest absolute Gasteiger partial charge is 0.307 e. The van der Waals surface area contributed by atoms with E-state index >= 15 is 0 Å². The molecule has 3 heteroatoms. The number of hydrogen-bond donors (Lipinski definition) is 1. The third-order valence-electron chi connectivity index (χ3n) is 2.72. The Balaban J connectivity index is 2.02. The maximum absolute atomic E-state index is 11.1. The molecule has 3 nitrogen and oxygen atoms in total. The largest absolute Gasteiger partial charge is 0.469 e. The van der Waals surface area contributed by atoms with Crippen LogP contribution in [0.25, 0.3) is 0 Å². The van der Waals surface area contributed by atoms with Crippen molar-refractivity contribution in [3.8, 4) is 0 Å². The lowest BCUT2D eigenvalue weighted by Crippen LogP contribution is -2.28. The van der Waals surface area contributed by atoms with Crippen molar-refractivity contribution in [1.29, 1.82) is 0 Å². The number of esters is 1. The molecule has 0 saturated carbocycles. The number of carbonyl (C=O) groups excluding carboxylic acids is 1. The van der Waals surface area contributed by atoms with Crippen LogP contribution in [0, 0.1) is 6.07 Å². The van der Waals surface area contributed by atoms with E-state index in [1.54, 1.807) is 0 Å². The Hall–Kier alpha value is -1.51. The predicted octanol–water partition coefficient (Wildman–Crippen LogP) is 1.78. The van der Waals surface area contributed by atoms with E-state index in [1.807, 2.05) is 12.1 Å². The fourth-order valence-corrected chi connectivity index (χ4v) is 1.87. The number of aryl methyl sites for hydroxylation is 1. The van der Waals surface area contributed by atoms with Gasteiger partial charge in [0, 0.05) is 11.7 Å². The van der Waals surface area contributed by atoms with Gasteiger partial charge in [0.25, 0.3) is 0 Å². The second kappa shape index (κ2) is 4.34. The van der Waals surface area contributed by atoms with Gasteiger partial charge in [-0.25, -0.2) is 0 Å². The van der Waals surface area contributed by atoms with Crippen LogP contribution in [-0.4, -0.2) is 19.1 Å². The van der Waals surface area contributed by atoms with Crippen LogP contribution in [0.3, 0.4) is 0 Å². The molecule has 1 aromatic carbocycles. The van der Waals surface area contributed by atoms with Crippen molar-refractivity contribution in [3.63, 3.8) is 0 Å². The van der Waals surface area contributed by atoms with Crippen LogP contribution in [0.2, 0.25) is 0 Å². The zero-order chi connectivity index (χ0) is 10.7. The van der Waals surface area contributed by atoms with E-state index < -0.39 is 0 Å². The molecule has 1 radical (unpaired) electrons. The zero-order valence-corrected chi connectivity index (χ0v) is 8.75. The summed E-state index contributed by atoms with van der Waals surface area (Å²) in [6.07, 6.45) is 2.43. The zero-order valence-electron chi connectivity index (χ0n) is 8.75. The van der Waals surface area contributed by atoms with Crippen molar-refractivity contribution < 1.29 is 9.53 Å². The second-order valence-electron chi connectivity index (χ2n) is 3.74. The minimum Gasteiger partial charge on any atom is -0.469 e. The Kier molecular flexibility index (Phi) is 2.90. The lowest BCUT2D eigenvalue weighted by atomic mass is 9.96. The number of rotatable bonds is 2. The molecule has 0 aromatic heterocycles. The molecule has 0 amide bonds. The van der Waals surface area contributed by atoms with E-state index in [9.17, 15) is 4.79 Å². The van der Waals surface area contributed by atoms with Crippen LogP contribution < -0.4 is 5.32 Å². The Morgan fingerprint density at radius 3 is 3.40 bits per heavy atom. The van der Waals surface area contributed by atoms with E-state index in [4.69, 9.17) is 0 Å². The van der Waals surface area contributed by atoms with Crippen LogP contribution >= 0.6 is 0 Å². The van der Waals surface area contributed by atoms with Gasteiger partial charge in [-0.3, -0.25) is 4.79 Å². The van der Waals surface area contributed by atoms with Gasteiger partial charge in [-0.1, -0.05) is 12.1 Å². The Bertz CT molecular complexity index is 362. The third-order valence-corrected chi connectivity index (χ3v) is 2.72. The van der Waals surface area contributed by atoms with Crippen LogP contribution in [0.5, 0.6) is 0 Å². The predicted molar refractivity (Wildman–Crippen MR) is 57.6 cm³/mol. The number of fused-ring (bicyclic) bond motifs is 1. The molecule has 79 valence electrons. The minimum absolute atomic E-state index is 0.157. The highest BCUT2D eigenvalue weighted by Crippen LogP contribution is 2.25. The van der Waals surface area contributed by atoms with Gasteiger partial charge in [0.05, 0.1) is 13.5 Å². The summed E-state index contributed by atoms with van der Waals surface area (Å²) in [6.45, 7) is 0. The molecule has 1 unspecified atom stereocenters. The van der Waals surface area contributed by atoms with Crippen LogP contribution in [0.1, 0.15) is 18.4 Å². The monoisotopic (exact) mass is 204 g/mol. The molecule has 15 heavy (non-hydrogen) atoms. The molecule has 1 aliphatic rings. The van der Waals surface area contributed by atoms with Crippen molar-refractivity contribution in [3.05, 3.63) is 29.8 Å². The number of hydrogen-bond acceptors (Lipinski definition) is 3. The highest BCUT2D eigenvalue weighted by molar-refractivity contribution is 5.71. The molecule has 0 bridgehead atoms. The lowest BCUT2D eigenvalue weighted by Gasteiger charge is -2.26. The molecule has 1 heterocycles. The molecule has 1 aliphatic heterocycles. The standard InChI is InChI=1S/C12H14NO2/c1-15-12(14)8-10-7-6-9-4-2-3-5-11(9)13-10/h2,4-5,10,13H,6-8H2,1H3. The summed E-state index contributed by atoms with van der Waals surface area (Å²) in [5.41, 5.74) is 2.40. The summed E-state index contributed by atoms with van der Waals surface area (Å²) in [7, 11) is 1.42. The quantitative estimate of drug-likeness (QED) is 0.746. The summed E-state index contributed by atoms with van der Waals surface area (Å²) >= 11 is 0. The number of methoxy groups -OCH3 is 1. The Morgan fingerprint density at radius 1 is 1.73 bits per heavy atom. The number of ether oxygens (including phenoxy) is 1. The summed E-state index contributed by atoms with van der Waals surface area (Å²) in [6, 6.07) is 9.14. The Labute approximate surface area is 89.4 Å². The molecular formula is C12H14NO2. The van der Waals surface area contributed by atoms with Crippen molar-refractivity contribution in [2.75, 3.05) is 12.4 Å². The maximum atomic E-state index is 11.1. The SMILES string of the molecule is COC(=O)CC1CCc2cc[c]cc2N1. The van der Waals surface area contributed by atoms with Crippen LogP contribution in [0.15, 0.2) is 18.2 Å². The average molecular weight is 204 g/mol. The molecule has 2 rings (SSSR count). The summed E-state index contributed by atoms with van der Waals surface area (Å²) in [5, 5.41) is 3.33. The van der Waals surface area contributed by atoms with Gasteiger partial charge >= 0.3 is 5.97 Å². The fourth-order valence-electron chi connectivity index (χ4n) is 1.87. The van der Waals surface area contributed by atoms with Crippen molar-refractivity contribution in [2.24, 2.45) is 0 Å². The van der Waals surface area contributed by atoms with E-state index in [-0.39, 0.29) is 12.0 Å². The van der Waals surface area contributed by atoms with E-state index in [0.717, 1.165) is 18.5 Å². The first-order chi connectivity index (χ1) is 7.29. The topological polar surface area (TPSA) is 38.3 Å². The van der Waals surface area contributed by atoms with Gasteiger partial charge in [0.1, 0.15) is 0 Å². The molecule has 0 aliphatic carbocycles. The van der Waals surface area contributed by atoms with Crippen molar-refractivity contribution in [1.82, 2.24) is 0 Å². The van der Waals surface area contributed by atoms with Crippen molar-refractivity contribution in [2.45, 2.75) is 25.3 Å². The Morgan fingerprint density at radius 2 is 2.60 bits per heavy atom. The highest BCUT2D eigenvalue weighted by atomic mass is 16.5. The van der Waals surface area contributed by atoms with Crippen LogP contribution in [0.4, 0.5) is 5.69 Å². The molecule has 0 fully saturated rings. The minimum atomic E-state index is -0.157. The highest BCUT2D eigenvalue weighted by Gasteiger charge is 2.19. The number of nitrogens with one attached hydrogen (secondary N) is 1. The van der Waals surface area contributed by atoms with E-state index in [2.05, 4.69) is 22.2 Å². The van der Waals surface area contributed by atoms with Gasteiger partial charge in [-0.15, -0.1) is 0 Å². The average Bonchev–Trinajstić information content (AvgIpc) is 2.29. The first-order valence-electron chi connectivity index (χ1n) is 5.12. The first-order valence-corrected chi connectivity index (χ1v) is 5.12. The normalized spacial score (nSPS) is 18.9. The molecule has 1 N–H and O–H groups in total. The molecule has 0 spiro atoms. The summed E-state index contributed by atoms with van der Waals surface area (Å²) < 4.78 is 4.65. The molecule has 0 saturated heterocycles. The molecule has 1 atom stereocenters. The fraction of sp³-hybridized carbons (Fsp3) is 0.417. The van der Waals surface area contributed by atoms with Gasteiger partial charge in [-0.05, 0) is 30.5 Å². The second-order valence-corrected chi connectivity index (χ2v) is 3.74. The first kappa shape index (κ1) is 10.0. The molecular weight excluding hydrogens is 190 g/mol. The summed E-state index contributed by atoms with van der Waals surface area (Å²) in [4.78, 5) is 11.1. The molecule has 1 aromatic rings.